The molecule has 6 heteroatoms. The van der Waals surface area contributed by atoms with Crippen LogP contribution < -0.4 is 5.73 Å². The van der Waals surface area contributed by atoms with Crippen LogP contribution in [0.1, 0.15) is 78.1 Å². The molecule has 0 rings (SSSR count). The van der Waals surface area contributed by atoms with Gasteiger partial charge in [0.1, 0.15) is 0 Å². The van der Waals surface area contributed by atoms with Crippen molar-refractivity contribution in [2.45, 2.75) is 103 Å². The zero-order chi connectivity index (χ0) is 19.9. The number of unbranched alkanes of at least 4 members (excludes halogenated alkanes) is 5. The van der Waals surface area contributed by atoms with Gasteiger partial charge in [-0.15, -0.1) is 0 Å². The zero-order valence-corrected chi connectivity index (χ0v) is 20.6. The Balaban J connectivity index is 4.13. The summed E-state index contributed by atoms with van der Waals surface area (Å²) in [7, 11) is -0.734. The summed E-state index contributed by atoms with van der Waals surface area (Å²) in [5.74, 6) is 0.805. The van der Waals surface area contributed by atoms with Crippen molar-refractivity contribution < 1.29 is 13.0 Å². The third kappa shape index (κ3) is 12.6. The lowest BCUT2D eigenvalue weighted by molar-refractivity contribution is 0.238. The first kappa shape index (κ1) is 26.3. The molecule has 0 aliphatic carbocycles. The van der Waals surface area contributed by atoms with E-state index in [1.54, 1.807) is 14.2 Å². The molecule has 0 bridgehead atoms. The fourth-order valence-electron chi connectivity index (χ4n) is 3.46. The molecule has 0 saturated heterocycles. The molecule has 0 heterocycles. The lowest BCUT2D eigenvalue weighted by atomic mass is 9.98. The van der Waals surface area contributed by atoms with Crippen LogP contribution in [-0.2, 0) is 13.0 Å². The van der Waals surface area contributed by atoms with Gasteiger partial charge in [-0.3, -0.25) is 0 Å². The Bertz CT molecular complexity index is 336. The monoisotopic (exact) mass is 405 g/mol. The molecule has 158 valence electrons. The van der Waals surface area contributed by atoms with Gasteiger partial charge in [0.25, 0.3) is 0 Å². The van der Waals surface area contributed by atoms with E-state index in [1.165, 1.54) is 57.8 Å². The highest BCUT2D eigenvalue weighted by Crippen LogP contribution is 2.27. The molecule has 3 unspecified atom stereocenters. The second kappa shape index (κ2) is 15.2. The van der Waals surface area contributed by atoms with Gasteiger partial charge < -0.3 is 18.7 Å². The molecule has 0 aliphatic heterocycles. The summed E-state index contributed by atoms with van der Waals surface area (Å²) < 4.78 is 18.2. The summed E-state index contributed by atoms with van der Waals surface area (Å²) >= 11 is 0. The molecular formula is C20H47NO3Si2. The quantitative estimate of drug-likeness (QED) is 0.226. The van der Waals surface area contributed by atoms with Crippen LogP contribution >= 0.6 is 0 Å². The summed E-state index contributed by atoms with van der Waals surface area (Å²) in [6, 6.07) is 2.00. The molecule has 0 aliphatic rings. The van der Waals surface area contributed by atoms with E-state index in [1.807, 2.05) is 0 Å². The number of nitrogens with two attached hydrogens (primary N) is 1. The van der Waals surface area contributed by atoms with Crippen molar-refractivity contribution in [2.75, 3.05) is 20.8 Å². The summed E-state index contributed by atoms with van der Waals surface area (Å²) in [6.45, 7) is 9.70. The topological polar surface area (TPSA) is 53.7 Å². The molecule has 0 aromatic rings. The lowest BCUT2D eigenvalue weighted by Crippen LogP contribution is -2.51. The summed E-state index contributed by atoms with van der Waals surface area (Å²) in [5.41, 5.74) is 5.67. The average Bonchev–Trinajstić information content (AvgIpc) is 2.63. The highest BCUT2D eigenvalue weighted by molar-refractivity contribution is 6.80. The zero-order valence-electron chi connectivity index (χ0n) is 18.6. The molecule has 0 spiro atoms. The maximum atomic E-state index is 6.52. The minimum atomic E-state index is -2.16. The van der Waals surface area contributed by atoms with Crippen molar-refractivity contribution in [1.82, 2.24) is 0 Å². The number of hydrogen-bond donors (Lipinski definition) is 1. The maximum absolute atomic E-state index is 6.52. The number of rotatable bonds is 18. The van der Waals surface area contributed by atoms with Crippen molar-refractivity contribution in [3.63, 3.8) is 0 Å². The maximum Gasteiger partial charge on any atom is 0.325 e. The molecule has 26 heavy (non-hydrogen) atoms. The molecule has 2 N–H and O–H groups in total. The Kier molecular flexibility index (Phi) is 15.4. The largest absolute Gasteiger partial charge is 0.415 e. The van der Waals surface area contributed by atoms with Gasteiger partial charge >= 0.3 is 17.1 Å². The Labute approximate surface area is 166 Å². The van der Waals surface area contributed by atoms with E-state index in [0.29, 0.717) is 6.54 Å². The first-order valence-electron chi connectivity index (χ1n) is 10.8. The molecule has 3 atom stereocenters. The van der Waals surface area contributed by atoms with Crippen molar-refractivity contribution in [3.8, 4) is 0 Å². The molecular weight excluding hydrogens is 358 g/mol. The van der Waals surface area contributed by atoms with Crippen LogP contribution in [0.3, 0.4) is 0 Å². The highest BCUT2D eigenvalue weighted by Gasteiger charge is 2.41. The van der Waals surface area contributed by atoms with Crippen molar-refractivity contribution in [3.05, 3.63) is 0 Å². The van der Waals surface area contributed by atoms with Gasteiger partial charge in [0, 0.05) is 14.2 Å². The second-order valence-electron chi connectivity index (χ2n) is 8.22. The van der Waals surface area contributed by atoms with Crippen LogP contribution in [-0.4, -0.2) is 37.9 Å². The Hall–Kier alpha value is 0.274. The molecule has 0 aromatic carbocycles. The third-order valence-corrected chi connectivity index (χ3v) is 13.2. The SMILES string of the molecule is CCCCCCCCC(C)CCC[Si](C)(OC)O[Si](C)(CCCN)OC. The van der Waals surface area contributed by atoms with Gasteiger partial charge in [-0.1, -0.05) is 71.6 Å². The van der Waals surface area contributed by atoms with Crippen LogP contribution in [0.2, 0.25) is 25.2 Å². The fourth-order valence-corrected chi connectivity index (χ4v) is 10.7. The van der Waals surface area contributed by atoms with Gasteiger partial charge in [0.05, 0.1) is 0 Å². The van der Waals surface area contributed by atoms with E-state index in [4.69, 9.17) is 18.7 Å². The Morgan fingerprint density at radius 3 is 1.81 bits per heavy atom. The summed E-state index contributed by atoms with van der Waals surface area (Å²) in [4.78, 5) is 0. The summed E-state index contributed by atoms with van der Waals surface area (Å²) in [5, 5.41) is 0. The Morgan fingerprint density at radius 2 is 1.27 bits per heavy atom. The molecule has 0 aromatic heterocycles. The summed E-state index contributed by atoms with van der Waals surface area (Å²) in [6.07, 6.45) is 13.1. The van der Waals surface area contributed by atoms with Gasteiger partial charge in [-0.2, -0.15) is 0 Å². The van der Waals surface area contributed by atoms with Gasteiger partial charge in [-0.25, -0.2) is 0 Å². The van der Waals surface area contributed by atoms with Crippen molar-refractivity contribution in [2.24, 2.45) is 11.7 Å². The normalized spacial score (nSPS) is 17.7. The second-order valence-corrected chi connectivity index (χ2v) is 15.4. The van der Waals surface area contributed by atoms with Gasteiger partial charge in [-0.05, 0) is 44.1 Å². The van der Waals surface area contributed by atoms with Crippen LogP contribution in [0, 0.1) is 5.92 Å². The highest BCUT2D eigenvalue weighted by atomic mass is 28.5. The minimum Gasteiger partial charge on any atom is -0.415 e. The van der Waals surface area contributed by atoms with E-state index in [9.17, 15) is 0 Å². The van der Waals surface area contributed by atoms with Gasteiger partial charge in [0.2, 0.25) is 0 Å². The van der Waals surface area contributed by atoms with E-state index < -0.39 is 17.1 Å². The van der Waals surface area contributed by atoms with Crippen LogP contribution in [0.25, 0.3) is 0 Å². The first-order chi connectivity index (χ1) is 12.3. The fraction of sp³-hybridized carbons (Fsp3) is 1.00. The van der Waals surface area contributed by atoms with Crippen molar-refractivity contribution in [1.29, 1.82) is 0 Å². The molecule has 0 radical (unpaired) electrons. The molecule has 4 nitrogen and oxygen atoms in total. The number of hydrogen-bond acceptors (Lipinski definition) is 4. The standard InChI is InChI=1S/C20H47NO3Si2/c1-7-8-9-10-11-12-15-20(2)16-13-18-25(5,22-3)24-26(6,23-4)19-14-17-21/h20H,7-19,21H2,1-6H3. The molecule has 0 amide bonds. The molecule has 0 fully saturated rings. The predicted molar refractivity (Wildman–Crippen MR) is 118 cm³/mol. The smallest absolute Gasteiger partial charge is 0.325 e. The molecule has 0 saturated carbocycles. The predicted octanol–water partition coefficient (Wildman–Crippen LogP) is 5.96. The average molecular weight is 406 g/mol. The van der Waals surface area contributed by atoms with E-state index in [2.05, 4.69) is 26.9 Å². The minimum absolute atomic E-state index is 0.691. The third-order valence-electron chi connectivity index (χ3n) is 5.51. The first-order valence-corrected chi connectivity index (χ1v) is 15.9. The lowest BCUT2D eigenvalue weighted by Gasteiger charge is -2.35. The van der Waals surface area contributed by atoms with E-state index >= 15 is 0 Å². The van der Waals surface area contributed by atoms with Crippen LogP contribution in [0.4, 0.5) is 0 Å². The van der Waals surface area contributed by atoms with E-state index in [-0.39, 0.29) is 0 Å². The Morgan fingerprint density at radius 1 is 0.769 bits per heavy atom. The van der Waals surface area contributed by atoms with E-state index in [0.717, 1.165) is 24.4 Å². The van der Waals surface area contributed by atoms with Crippen LogP contribution in [0.5, 0.6) is 0 Å². The van der Waals surface area contributed by atoms with Gasteiger partial charge in [0.15, 0.2) is 0 Å². The van der Waals surface area contributed by atoms with Crippen LogP contribution in [0.15, 0.2) is 0 Å². The van der Waals surface area contributed by atoms with Crippen molar-refractivity contribution >= 4 is 17.1 Å².